The van der Waals surface area contributed by atoms with E-state index in [9.17, 15) is 14.7 Å². The smallest absolute Gasteiger partial charge is 0.300 e. The molecule has 0 aromatic heterocycles. The van der Waals surface area contributed by atoms with Crippen LogP contribution in [0.1, 0.15) is 17.2 Å². The zero-order chi connectivity index (χ0) is 21.3. The summed E-state index contributed by atoms with van der Waals surface area (Å²) in [5, 5.41) is 11.5. The van der Waals surface area contributed by atoms with E-state index in [0.29, 0.717) is 27.6 Å². The van der Waals surface area contributed by atoms with Gasteiger partial charge in [-0.25, -0.2) is 0 Å². The van der Waals surface area contributed by atoms with Crippen LogP contribution in [0.15, 0.2) is 84.4 Å². The molecule has 4 rings (SSSR count). The van der Waals surface area contributed by atoms with Gasteiger partial charge >= 0.3 is 0 Å². The summed E-state index contributed by atoms with van der Waals surface area (Å²) in [6.45, 7) is 0. The van der Waals surface area contributed by atoms with E-state index in [1.165, 1.54) is 4.90 Å². The van der Waals surface area contributed by atoms with Crippen molar-refractivity contribution in [3.63, 3.8) is 0 Å². The number of aliphatic hydroxyl groups excluding tert-OH is 1. The van der Waals surface area contributed by atoms with Crippen molar-refractivity contribution in [2.75, 3.05) is 12.0 Å². The van der Waals surface area contributed by atoms with Gasteiger partial charge in [0.15, 0.2) is 0 Å². The van der Waals surface area contributed by atoms with Crippen LogP contribution in [0.4, 0.5) is 5.69 Å². The predicted molar refractivity (Wildman–Crippen MR) is 116 cm³/mol. The van der Waals surface area contributed by atoms with Gasteiger partial charge in [0.25, 0.3) is 11.7 Å². The standard InChI is InChI=1S/C24H18ClNO4/c1-30-19-13-11-18(12-14-19)26-21(15-7-9-17(25)10-8-15)20(23(28)24(26)29)22(27)16-5-3-2-4-6-16/h2-14,21,27H,1H3. The third kappa shape index (κ3) is 3.44. The molecule has 1 heterocycles. The Balaban J connectivity index is 1.92. The number of benzene rings is 3. The second kappa shape index (κ2) is 8.05. The van der Waals surface area contributed by atoms with Crippen LogP contribution in [-0.4, -0.2) is 23.9 Å². The SMILES string of the molecule is COc1ccc(N2C(=O)C(=O)C(=C(O)c3ccccc3)C2c2ccc(Cl)cc2)cc1. The maximum atomic E-state index is 13.0. The molecule has 1 N–H and O–H groups in total. The van der Waals surface area contributed by atoms with Gasteiger partial charge in [-0.1, -0.05) is 54.1 Å². The summed E-state index contributed by atoms with van der Waals surface area (Å²) in [7, 11) is 1.55. The van der Waals surface area contributed by atoms with Crippen molar-refractivity contribution in [2.24, 2.45) is 0 Å². The van der Waals surface area contributed by atoms with Crippen LogP contribution in [0.5, 0.6) is 5.75 Å². The van der Waals surface area contributed by atoms with Gasteiger partial charge in [0.1, 0.15) is 11.5 Å². The highest BCUT2D eigenvalue weighted by Crippen LogP contribution is 2.42. The fourth-order valence-corrected chi connectivity index (χ4v) is 3.68. The highest BCUT2D eigenvalue weighted by molar-refractivity contribution is 6.51. The molecule has 0 aliphatic carbocycles. The summed E-state index contributed by atoms with van der Waals surface area (Å²) in [5.41, 5.74) is 1.67. The monoisotopic (exact) mass is 419 g/mol. The maximum absolute atomic E-state index is 13.0. The molecular formula is C24H18ClNO4. The zero-order valence-corrected chi connectivity index (χ0v) is 16.8. The summed E-state index contributed by atoms with van der Waals surface area (Å²) >= 11 is 6.03. The second-order valence-electron chi connectivity index (χ2n) is 6.78. The third-order valence-electron chi connectivity index (χ3n) is 5.03. The summed E-state index contributed by atoms with van der Waals surface area (Å²) in [6.07, 6.45) is 0. The molecule has 3 aromatic rings. The Labute approximate surface area is 178 Å². The molecule has 1 amide bonds. The van der Waals surface area contributed by atoms with E-state index in [4.69, 9.17) is 16.3 Å². The van der Waals surface area contributed by atoms with Crippen molar-refractivity contribution < 1.29 is 19.4 Å². The average molecular weight is 420 g/mol. The van der Waals surface area contributed by atoms with E-state index in [2.05, 4.69) is 0 Å². The minimum Gasteiger partial charge on any atom is -0.507 e. The van der Waals surface area contributed by atoms with Crippen LogP contribution in [0.25, 0.3) is 5.76 Å². The van der Waals surface area contributed by atoms with Gasteiger partial charge in [0.05, 0.1) is 18.7 Å². The van der Waals surface area contributed by atoms with Crippen molar-refractivity contribution in [1.29, 1.82) is 0 Å². The second-order valence-corrected chi connectivity index (χ2v) is 7.22. The van der Waals surface area contributed by atoms with Crippen LogP contribution in [0, 0.1) is 0 Å². The number of methoxy groups -OCH3 is 1. The average Bonchev–Trinajstić information content (AvgIpc) is 3.05. The first-order valence-electron chi connectivity index (χ1n) is 9.27. The topological polar surface area (TPSA) is 66.8 Å². The fraction of sp³-hybridized carbons (Fsp3) is 0.0833. The number of Topliss-reactive ketones (excluding diaryl/α,β-unsaturated/α-hetero) is 1. The van der Waals surface area contributed by atoms with Gasteiger partial charge in [0.2, 0.25) is 0 Å². The molecule has 1 aliphatic rings. The van der Waals surface area contributed by atoms with Gasteiger partial charge in [-0.3, -0.25) is 14.5 Å². The minimum atomic E-state index is -0.795. The molecule has 5 nitrogen and oxygen atoms in total. The van der Waals surface area contributed by atoms with Crippen LogP contribution in [-0.2, 0) is 9.59 Å². The van der Waals surface area contributed by atoms with Crippen molar-refractivity contribution in [2.45, 2.75) is 6.04 Å². The lowest BCUT2D eigenvalue weighted by Crippen LogP contribution is -2.29. The Bertz CT molecular complexity index is 1120. The molecule has 1 atom stereocenters. The number of carbonyl (C=O) groups is 2. The van der Waals surface area contributed by atoms with E-state index in [1.54, 1.807) is 79.9 Å². The summed E-state index contributed by atoms with van der Waals surface area (Å²) in [4.78, 5) is 27.4. The van der Waals surface area contributed by atoms with Gasteiger partial charge in [0, 0.05) is 16.3 Å². The highest BCUT2D eigenvalue weighted by Gasteiger charge is 2.46. The molecule has 1 saturated heterocycles. The van der Waals surface area contributed by atoms with E-state index in [0.717, 1.165) is 0 Å². The Morgan fingerprint density at radius 1 is 0.933 bits per heavy atom. The number of aliphatic hydroxyl groups is 1. The first-order chi connectivity index (χ1) is 14.5. The molecular weight excluding hydrogens is 402 g/mol. The number of halogens is 1. The molecule has 0 spiro atoms. The summed E-state index contributed by atoms with van der Waals surface area (Å²) in [5.74, 6) is -1.04. The van der Waals surface area contributed by atoms with E-state index >= 15 is 0 Å². The van der Waals surface area contributed by atoms with E-state index in [1.807, 2.05) is 6.07 Å². The molecule has 150 valence electrons. The lowest BCUT2D eigenvalue weighted by molar-refractivity contribution is -0.132. The molecule has 6 heteroatoms. The molecule has 1 unspecified atom stereocenters. The van der Waals surface area contributed by atoms with Crippen molar-refractivity contribution in [1.82, 2.24) is 0 Å². The number of hydrogen-bond acceptors (Lipinski definition) is 4. The quantitative estimate of drug-likeness (QED) is 0.368. The molecule has 30 heavy (non-hydrogen) atoms. The Morgan fingerprint density at radius 2 is 1.57 bits per heavy atom. The third-order valence-corrected chi connectivity index (χ3v) is 5.28. The number of ether oxygens (including phenoxy) is 1. The number of amides is 1. The van der Waals surface area contributed by atoms with Crippen molar-refractivity contribution >= 4 is 34.7 Å². The number of nitrogens with zero attached hydrogens (tertiary/aromatic N) is 1. The van der Waals surface area contributed by atoms with Crippen LogP contribution < -0.4 is 9.64 Å². The van der Waals surface area contributed by atoms with Crippen LogP contribution in [0.2, 0.25) is 5.02 Å². The number of ketones is 1. The zero-order valence-electron chi connectivity index (χ0n) is 16.1. The minimum absolute atomic E-state index is 0.0318. The van der Waals surface area contributed by atoms with E-state index < -0.39 is 17.7 Å². The van der Waals surface area contributed by atoms with Crippen LogP contribution >= 0.6 is 11.6 Å². The molecule has 0 saturated carbocycles. The lowest BCUT2D eigenvalue weighted by atomic mass is 9.95. The molecule has 0 bridgehead atoms. The van der Waals surface area contributed by atoms with Crippen molar-refractivity contribution in [3.05, 3.63) is 101 Å². The van der Waals surface area contributed by atoms with Crippen LogP contribution in [0.3, 0.4) is 0 Å². The fourth-order valence-electron chi connectivity index (χ4n) is 3.55. The molecule has 1 aliphatic heterocycles. The maximum Gasteiger partial charge on any atom is 0.300 e. The molecule has 3 aromatic carbocycles. The Hall–Kier alpha value is -3.57. The number of hydrogen-bond donors (Lipinski definition) is 1. The highest BCUT2D eigenvalue weighted by atomic mass is 35.5. The lowest BCUT2D eigenvalue weighted by Gasteiger charge is -2.25. The number of rotatable bonds is 4. The Kier molecular flexibility index (Phi) is 5.29. The van der Waals surface area contributed by atoms with Gasteiger partial charge in [-0.2, -0.15) is 0 Å². The van der Waals surface area contributed by atoms with Gasteiger partial charge in [-0.15, -0.1) is 0 Å². The number of anilines is 1. The predicted octanol–water partition coefficient (Wildman–Crippen LogP) is 4.97. The number of carbonyl (C=O) groups excluding carboxylic acids is 2. The Morgan fingerprint density at radius 3 is 2.17 bits per heavy atom. The normalized spacial score (nSPS) is 17.9. The molecule has 1 fully saturated rings. The molecule has 0 radical (unpaired) electrons. The summed E-state index contributed by atoms with van der Waals surface area (Å²) in [6, 6.07) is 21.6. The van der Waals surface area contributed by atoms with Gasteiger partial charge in [-0.05, 0) is 42.0 Å². The summed E-state index contributed by atoms with van der Waals surface area (Å²) < 4.78 is 5.19. The largest absolute Gasteiger partial charge is 0.507 e. The first-order valence-corrected chi connectivity index (χ1v) is 9.65. The first kappa shape index (κ1) is 19.7. The van der Waals surface area contributed by atoms with Crippen molar-refractivity contribution in [3.8, 4) is 5.75 Å². The van der Waals surface area contributed by atoms with E-state index in [-0.39, 0.29) is 11.3 Å². The van der Waals surface area contributed by atoms with Gasteiger partial charge < -0.3 is 9.84 Å².